The monoisotopic (exact) mass is 316 g/mol. The highest BCUT2D eigenvalue weighted by molar-refractivity contribution is 5.95. The lowest BCUT2D eigenvalue weighted by Gasteiger charge is -2.34. The second kappa shape index (κ2) is 7.92. The van der Waals surface area contributed by atoms with Crippen LogP contribution in [0.2, 0.25) is 0 Å². The van der Waals surface area contributed by atoms with Crippen molar-refractivity contribution in [3.05, 3.63) is 41.5 Å². The Balaban J connectivity index is 2.02. The van der Waals surface area contributed by atoms with Crippen molar-refractivity contribution in [3.63, 3.8) is 0 Å². The number of carbonyl (C=O) groups is 2. The Bertz CT molecular complexity index is 585. The Hall–Kier alpha value is -2.14. The zero-order chi connectivity index (χ0) is 16.8. The molecule has 1 N–H and O–H groups in total. The summed E-state index contributed by atoms with van der Waals surface area (Å²) in [6.07, 6.45) is 2.49. The van der Waals surface area contributed by atoms with E-state index in [4.69, 9.17) is 5.11 Å². The van der Waals surface area contributed by atoms with Gasteiger partial charge in [0.2, 0.25) is 11.8 Å². The molecule has 5 nitrogen and oxygen atoms in total. The maximum Gasteiger partial charge on any atom is 0.248 e. The molecule has 2 amide bonds. The summed E-state index contributed by atoms with van der Waals surface area (Å²) in [4.78, 5) is 27.2. The first-order valence-corrected chi connectivity index (χ1v) is 8.00. The van der Waals surface area contributed by atoms with Gasteiger partial charge in [0.25, 0.3) is 0 Å². The van der Waals surface area contributed by atoms with Crippen LogP contribution in [-0.2, 0) is 9.59 Å². The molecule has 0 aliphatic carbocycles. The van der Waals surface area contributed by atoms with Crippen LogP contribution in [0.15, 0.2) is 30.3 Å². The average molecular weight is 316 g/mol. The van der Waals surface area contributed by atoms with E-state index in [9.17, 15) is 9.59 Å². The first-order chi connectivity index (χ1) is 11.0. The summed E-state index contributed by atoms with van der Waals surface area (Å²) >= 11 is 0. The van der Waals surface area contributed by atoms with Gasteiger partial charge in [-0.3, -0.25) is 9.59 Å². The second-order valence-corrected chi connectivity index (χ2v) is 5.75. The van der Waals surface area contributed by atoms with Crippen molar-refractivity contribution < 1.29 is 14.7 Å². The number of aryl methyl sites for hydroxylation is 1. The van der Waals surface area contributed by atoms with Gasteiger partial charge < -0.3 is 14.9 Å². The summed E-state index contributed by atoms with van der Waals surface area (Å²) in [7, 11) is 0. The Labute approximate surface area is 137 Å². The predicted octanol–water partition coefficient (Wildman–Crippen LogP) is 1.45. The van der Waals surface area contributed by atoms with Crippen molar-refractivity contribution >= 4 is 17.4 Å². The van der Waals surface area contributed by atoms with Crippen molar-refractivity contribution in [2.75, 3.05) is 32.8 Å². The zero-order valence-corrected chi connectivity index (χ0v) is 13.8. The Kier molecular flexibility index (Phi) is 5.93. The number of aliphatic hydroxyl groups excluding tert-OH is 1. The number of piperazine rings is 1. The fourth-order valence-corrected chi connectivity index (χ4v) is 2.67. The molecule has 0 radical (unpaired) electrons. The molecule has 0 unspecified atom stereocenters. The molecule has 1 aliphatic heterocycles. The predicted molar refractivity (Wildman–Crippen MR) is 89.7 cm³/mol. The van der Waals surface area contributed by atoms with Crippen molar-refractivity contribution in [2.45, 2.75) is 20.3 Å². The highest BCUT2D eigenvalue weighted by Crippen LogP contribution is 2.19. The Morgan fingerprint density at radius 3 is 2.17 bits per heavy atom. The molecule has 2 rings (SSSR count). The number of carbonyl (C=O) groups excluding carboxylic acids is 2. The van der Waals surface area contributed by atoms with E-state index < -0.39 is 6.61 Å². The lowest BCUT2D eigenvalue weighted by molar-refractivity contribution is -0.139. The summed E-state index contributed by atoms with van der Waals surface area (Å²) < 4.78 is 0. The molecule has 1 aromatic rings. The number of nitrogens with zero attached hydrogens (tertiary/aromatic N) is 2. The van der Waals surface area contributed by atoms with Crippen LogP contribution in [0.3, 0.4) is 0 Å². The summed E-state index contributed by atoms with van der Waals surface area (Å²) in [6, 6.07) is 8.16. The van der Waals surface area contributed by atoms with Gasteiger partial charge in [0.05, 0.1) is 0 Å². The summed E-state index contributed by atoms with van der Waals surface area (Å²) in [5, 5.41) is 8.88. The number of hydrogen-bond acceptors (Lipinski definition) is 3. The van der Waals surface area contributed by atoms with Crippen molar-refractivity contribution in [3.8, 4) is 0 Å². The minimum Gasteiger partial charge on any atom is -0.387 e. The fraction of sp³-hybridized carbons (Fsp3) is 0.444. The summed E-state index contributed by atoms with van der Waals surface area (Å²) in [5.41, 5.74) is 3.28. The van der Waals surface area contributed by atoms with E-state index in [2.05, 4.69) is 0 Å². The van der Waals surface area contributed by atoms with Gasteiger partial charge in [-0.05, 0) is 24.5 Å². The van der Waals surface area contributed by atoms with Crippen LogP contribution in [0.5, 0.6) is 0 Å². The molecule has 124 valence electrons. The third-order valence-electron chi connectivity index (χ3n) is 4.18. The number of amides is 2. The first kappa shape index (κ1) is 17.2. The van der Waals surface area contributed by atoms with E-state index in [1.54, 1.807) is 15.9 Å². The van der Waals surface area contributed by atoms with Gasteiger partial charge in [-0.25, -0.2) is 0 Å². The normalized spacial score (nSPS) is 15.7. The lowest BCUT2D eigenvalue weighted by Crippen LogP contribution is -2.51. The van der Waals surface area contributed by atoms with Gasteiger partial charge in [0.15, 0.2) is 0 Å². The fourth-order valence-electron chi connectivity index (χ4n) is 2.67. The topological polar surface area (TPSA) is 60.9 Å². The smallest absolute Gasteiger partial charge is 0.248 e. The molecule has 0 spiro atoms. The minimum absolute atomic E-state index is 0.0153. The zero-order valence-electron chi connectivity index (χ0n) is 13.8. The highest BCUT2D eigenvalue weighted by Gasteiger charge is 2.22. The van der Waals surface area contributed by atoms with Gasteiger partial charge >= 0.3 is 0 Å². The quantitative estimate of drug-likeness (QED) is 0.855. The molecule has 0 bridgehead atoms. The van der Waals surface area contributed by atoms with E-state index in [-0.39, 0.29) is 11.8 Å². The van der Waals surface area contributed by atoms with Crippen molar-refractivity contribution in [1.82, 2.24) is 9.80 Å². The first-order valence-electron chi connectivity index (χ1n) is 8.00. The molecular weight excluding hydrogens is 292 g/mol. The lowest BCUT2D eigenvalue weighted by atomic mass is 10.0. The average Bonchev–Trinajstić information content (AvgIpc) is 2.59. The molecule has 1 fully saturated rings. The maximum atomic E-state index is 12.5. The Morgan fingerprint density at radius 1 is 1.09 bits per heavy atom. The number of benzene rings is 1. The van der Waals surface area contributed by atoms with Crippen LogP contribution in [-0.4, -0.2) is 59.5 Å². The number of aliphatic hydroxyl groups is 1. The summed E-state index contributed by atoms with van der Waals surface area (Å²) in [6.45, 7) is 5.57. The van der Waals surface area contributed by atoms with Gasteiger partial charge in [-0.1, -0.05) is 36.8 Å². The van der Waals surface area contributed by atoms with Crippen molar-refractivity contribution in [1.29, 1.82) is 0 Å². The standard InChI is InChI=1S/C18H24N2O3/c1-3-15(16-6-4-14(2)5-7-16)12-17(22)19-8-10-20(11-9-19)18(23)13-21/h4-7,12,21H,3,8-11,13H2,1-2H3/b15-12-. The molecule has 1 heterocycles. The van der Waals surface area contributed by atoms with E-state index >= 15 is 0 Å². The van der Waals surface area contributed by atoms with Crippen LogP contribution < -0.4 is 0 Å². The van der Waals surface area contributed by atoms with Crippen LogP contribution in [0.1, 0.15) is 24.5 Å². The van der Waals surface area contributed by atoms with E-state index in [0.29, 0.717) is 26.2 Å². The molecule has 0 aromatic heterocycles. The second-order valence-electron chi connectivity index (χ2n) is 5.75. The third-order valence-corrected chi connectivity index (χ3v) is 4.18. The molecular formula is C18H24N2O3. The van der Waals surface area contributed by atoms with E-state index in [0.717, 1.165) is 17.6 Å². The van der Waals surface area contributed by atoms with Gasteiger partial charge in [0, 0.05) is 32.3 Å². The highest BCUT2D eigenvalue weighted by atomic mass is 16.3. The molecule has 0 atom stereocenters. The molecule has 1 aromatic carbocycles. The van der Waals surface area contributed by atoms with Gasteiger partial charge in [0.1, 0.15) is 6.61 Å². The molecule has 5 heteroatoms. The third kappa shape index (κ3) is 4.42. The SMILES string of the molecule is CC/C(=C/C(=O)N1CCN(C(=O)CO)CC1)c1ccc(C)cc1. The number of allylic oxidation sites excluding steroid dienone is 1. The van der Waals surface area contributed by atoms with E-state index in [1.165, 1.54) is 5.56 Å². The minimum atomic E-state index is -0.471. The van der Waals surface area contributed by atoms with Crippen LogP contribution in [0.25, 0.3) is 5.57 Å². The van der Waals surface area contributed by atoms with Crippen molar-refractivity contribution in [2.24, 2.45) is 0 Å². The van der Waals surface area contributed by atoms with E-state index in [1.807, 2.05) is 38.1 Å². The number of rotatable bonds is 4. The number of hydrogen-bond donors (Lipinski definition) is 1. The largest absolute Gasteiger partial charge is 0.387 e. The van der Waals surface area contributed by atoms with Crippen LogP contribution in [0, 0.1) is 6.92 Å². The van der Waals surface area contributed by atoms with Gasteiger partial charge in [-0.15, -0.1) is 0 Å². The molecule has 1 saturated heterocycles. The maximum absolute atomic E-state index is 12.5. The van der Waals surface area contributed by atoms with Crippen LogP contribution >= 0.6 is 0 Å². The Morgan fingerprint density at radius 2 is 1.65 bits per heavy atom. The van der Waals surface area contributed by atoms with Crippen LogP contribution in [0.4, 0.5) is 0 Å². The van der Waals surface area contributed by atoms with Gasteiger partial charge in [-0.2, -0.15) is 0 Å². The molecule has 23 heavy (non-hydrogen) atoms. The molecule has 0 saturated carbocycles. The molecule has 1 aliphatic rings. The summed E-state index contributed by atoms with van der Waals surface area (Å²) in [5.74, 6) is -0.292.